The number of benzene rings is 2. The monoisotopic (exact) mass is 345 g/mol. The van der Waals surface area contributed by atoms with Gasteiger partial charge in [0.25, 0.3) is 0 Å². The van der Waals surface area contributed by atoms with E-state index in [2.05, 4.69) is 10.6 Å². The number of halogens is 1. The molecule has 25 heavy (non-hydrogen) atoms. The van der Waals surface area contributed by atoms with E-state index >= 15 is 0 Å². The molecular weight excluding hydrogens is 321 g/mol. The Morgan fingerprint density at radius 3 is 2.28 bits per heavy atom. The van der Waals surface area contributed by atoms with Crippen molar-refractivity contribution in [3.63, 3.8) is 0 Å². The number of anilines is 1. The average molecular weight is 345 g/mol. The largest absolute Gasteiger partial charge is 0.392 e. The van der Waals surface area contributed by atoms with Crippen LogP contribution in [-0.2, 0) is 19.6 Å². The number of hydrogen-bond acceptors (Lipinski definition) is 3. The Kier molecular flexibility index (Phi) is 6.77. The summed E-state index contributed by atoms with van der Waals surface area (Å²) in [5.74, 6) is -0.309. The molecule has 6 heteroatoms. The van der Waals surface area contributed by atoms with Gasteiger partial charge < -0.3 is 20.6 Å². The van der Waals surface area contributed by atoms with Crippen molar-refractivity contribution in [3.8, 4) is 0 Å². The number of rotatable bonds is 7. The quantitative estimate of drug-likeness (QED) is 0.722. The number of carbonyl (C=O) groups is 1. The second-order valence-corrected chi connectivity index (χ2v) is 6.01. The Balaban J connectivity index is 1.74. The van der Waals surface area contributed by atoms with Crippen molar-refractivity contribution in [2.45, 2.75) is 19.6 Å². The first kappa shape index (κ1) is 18.7. The summed E-state index contributed by atoms with van der Waals surface area (Å²) in [4.78, 5) is 13.5. The highest BCUT2D eigenvalue weighted by molar-refractivity contribution is 5.73. The molecule has 134 valence electrons. The number of aliphatic hydroxyl groups is 1. The third-order valence-electron chi connectivity index (χ3n) is 3.85. The van der Waals surface area contributed by atoms with Gasteiger partial charge in [0.05, 0.1) is 12.3 Å². The number of urea groups is 1. The molecule has 2 aromatic carbocycles. The van der Waals surface area contributed by atoms with Gasteiger partial charge in [0.2, 0.25) is 0 Å². The second-order valence-electron chi connectivity index (χ2n) is 6.01. The fourth-order valence-electron chi connectivity index (χ4n) is 2.40. The molecule has 2 aromatic rings. The Morgan fingerprint density at radius 2 is 1.68 bits per heavy atom. The molecular formula is C19H24FN3O2. The van der Waals surface area contributed by atoms with Gasteiger partial charge in [0, 0.05) is 27.2 Å². The zero-order valence-electron chi connectivity index (χ0n) is 14.6. The van der Waals surface area contributed by atoms with Gasteiger partial charge in [-0.15, -0.1) is 0 Å². The van der Waals surface area contributed by atoms with Crippen molar-refractivity contribution in [1.82, 2.24) is 10.6 Å². The normalized spacial score (nSPS) is 10.4. The van der Waals surface area contributed by atoms with Crippen LogP contribution in [0.1, 0.15) is 16.7 Å². The lowest BCUT2D eigenvalue weighted by Crippen LogP contribution is -2.36. The summed E-state index contributed by atoms with van der Waals surface area (Å²) < 4.78 is 13.9. The zero-order chi connectivity index (χ0) is 18.2. The fraction of sp³-hybridized carbons (Fsp3) is 0.316. The Hall–Kier alpha value is -2.60. The lowest BCUT2D eigenvalue weighted by atomic mass is 10.1. The average Bonchev–Trinajstić information content (AvgIpc) is 2.60. The molecule has 5 nitrogen and oxygen atoms in total. The molecule has 0 aliphatic carbocycles. The molecule has 0 aliphatic rings. The number of amides is 2. The highest BCUT2D eigenvalue weighted by Crippen LogP contribution is 2.18. The van der Waals surface area contributed by atoms with Gasteiger partial charge in [-0.2, -0.15) is 0 Å². The molecule has 0 saturated heterocycles. The maximum atomic E-state index is 13.9. The van der Waals surface area contributed by atoms with Crippen molar-refractivity contribution in [1.29, 1.82) is 0 Å². The van der Waals surface area contributed by atoms with E-state index in [9.17, 15) is 9.18 Å². The van der Waals surface area contributed by atoms with Crippen LogP contribution in [0.25, 0.3) is 0 Å². The minimum absolute atomic E-state index is 0.0249. The van der Waals surface area contributed by atoms with Crippen LogP contribution in [0.2, 0.25) is 0 Å². The van der Waals surface area contributed by atoms with Crippen LogP contribution in [0, 0.1) is 5.82 Å². The minimum Gasteiger partial charge on any atom is -0.392 e. The van der Waals surface area contributed by atoms with Crippen molar-refractivity contribution in [2.24, 2.45) is 0 Å². The first-order chi connectivity index (χ1) is 12.0. The van der Waals surface area contributed by atoms with Crippen molar-refractivity contribution < 1.29 is 14.3 Å². The van der Waals surface area contributed by atoms with Crippen molar-refractivity contribution >= 4 is 11.7 Å². The van der Waals surface area contributed by atoms with Crippen molar-refractivity contribution in [3.05, 3.63) is 65.0 Å². The van der Waals surface area contributed by atoms with Crippen LogP contribution in [0.5, 0.6) is 0 Å². The number of nitrogens with one attached hydrogen (secondary N) is 2. The molecule has 0 spiro atoms. The minimum atomic E-state index is -0.309. The van der Waals surface area contributed by atoms with Gasteiger partial charge in [0.1, 0.15) is 5.82 Å². The van der Waals surface area contributed by atoms with Gasteiger partial charge in [0.15, 0.2) is 0 Å². The van der Waals surface area contributed by atoms with Gasteiger partial charge in [-0.1, -0.05) is 30.3 Å². The maximum absolute atomic E-state index is 13.9. The van der Waals surface area contributed by atoms with Crippen LogP contribution in [0.15, 0.2) is 42.5 Å². The Labute approximate surface area is 147 Å². The summed E-state index contributed by atoms with van der Waals surface area (Å²) in [7, 11) is 3.56. The standard InChI is InChI=1S/C19H24FN3O2/c1-23(2)18-8-7-16(11-17(18)20)12-22-19(25)21-10-9-14-3-5-15(13-24)6-4-14/h3-8,11,24H,9-10,12-13H2,1-2H3,(H2,21,22,25). The van der Waals surface area contributed by atoms with Gasteiger partial charge in [-0.05, 0) is 35.2 Å². The molecule has 0 bridgehead atoms. The zero-order valence-corrected chi connectivity index (χ0v) is 14.6. The molecule has 0 aromatic heterocycles. The molecule has 2 rings (SSSR count). The number of aliphatic hydroxyl groups excluding tert-OH is 1. The molecule has 0 fully saturated rings. The molecule has 0 atom stereocenters. The SMILES string of the molecule is CN(C)c1ccc(CNC(=O)NCCc2ccc(CO)cc2)cc1F. The van der Waals surface area contributed by atoms with E-state index < -0.39 is 0 Å². The van der Waals surface area contributed by atoms with E-state index in [1.807, 2.05) is 24.3 Å². The number of hydrogen-bond donors (Lipinski definition) is 3. The third kappa shape index (κ3) is 5.76. The van der Waals surface area contributed by atoms with E-state index in [1.54, 1.807) is 31.1 Å². The summed E-state index contributed by atoms with van der Waals surface area (Å²) >= 11 is 0. The van der Waals surface area contributed by atoms with E-state index in [0.717, 1.165) is 11.1 Å². The summed E-state index contributed by atoms with van der Waals surface area (Å²) in [6, 6.07) is 12.2. The third-order valence-corrected chi connectivity index (χ3v) is 3.85. The van der Waals surface area contributed by atoms with E-state index in [0.29, 0.717) is 24.2 Å². The molecule has 3 N–H and O–H groups in total. The van der Waals surface area contributed by atoms with E-state index in [4.69, 9.17) is 5.11 Å². The predicted octanol–water partition coefficient (Wildman–Crippen LogP) is 2.43. The predicted molar refractivity (Wildman–Crippen MR) is 97.0 cm³/mol. The van der Waals surface area contributed by atoms with Crippen LogP contribution in [-0.4, -0.2) is 31.8 Å². The van der Waals surface area contributed by atoms with Crippen LogP contribution >= 0.6 is 0 Å². The van der Waals surface area contributed by atoms with E-state index in [-0.39, 0.29) is 25.0 Å². The fourth-order valence-corrected chi connectivity index (χ4v) is 2.40. The highest BCUT2D eigenvalue weighted by Gasteiger charge is 2.06. The summed E-state index contributed by atoms with van der Waals surface area (Å²) in [5.41, 5.74) is 3.17. The highest BCUT2D eigenvalue weighted by atomic mass is 19.1. The summed E-state index contributed by atoms with van der Waals surface area (Å²) in [6.45, 7) is 0.789. The van der Waals surface area contributed by atoms with Crippen LogP contribution < -0.4 is 15.5 Å². The molecule has 0 heterocycles. The Bertz CT molecular complexity index is 702. The summed E-state index contributed by atoms with van der Waals surface area (Å²) in [5, 5.41) is 14.5. The van der Waals surface area contributed by atoms with Gasteiger partial charge in [-0.25, -0.2) is 9.18 Å². The number of carbonyl (C=O) groups excluding carboxylic acids is 1. The molecule has 2 amide bonds. The second kappa shape index (κ2) is 9.03. The number of nitrogens with zero attached hydrogens (tertiary/aromatic N) is 1. The lowest BCUT2D eigenvalue weighted by Gasteiger charge is -2.14. The first-order valence-corrected chi connectivity index (χ1v) is 8.15. The molecule has 0 saturated carbocycles. The van der Waals surface area contributed by atoms with Crippen molar-refractivity contribution in [2.75, 3.05) is 25.5 Å². The van der Waals surface area contributed by atoms with Gasteiger partial charge >= 0.3 is 6.03 Å². The molecule has 0 aliphatic heterocycles. The van der Waals surface area contributed by atoms with E-state index in [1.165, 1.54) is 6.07 Å². The molecule has 0 radical (unpaired) electrons. The lowest BCUT2D eigenvalue weighted by molar-refractivity contribution is 0.240. The van der Waals surface area contributed by atoms with Crippen LogP contribution in [0.3, 0.4) is 0 Å². The van der Waals surface area contributed by atoms with Gasteiger partial charge in [-0.3, -0.25) is 0 Å². The Morgan fingerprint density at radius 1 is 1.04 bits per heavy atom. The first-order valence-electron chi connectivity index (χ1n) is 8.15. The smallest absolute Gasteiger partial charge is 0.315 e. The maximum Gasteiger partial charge on any atom is 0.315 e. The summed E-state index contributed by atoms with van der Waals surface area (Å²) in [6.07, 6.45) is 0.700. The molecule has 0 unspecified atom stereocenters. The van der Waals surface area contributed by atoms with Crippen LogP contribution in [0.4, 0.5) is 14.9 Å². The topological polar surface area (TPSA) is 64.6 Å².